The van der Waals surface area contributed by atoms with Gasteiger partial charge in [0.1, 0.15) is 0 Å². The number of carboxylic acid groups (broad SMARTS) is 1. The number of ether oxygens (including phenoxy) is 1. The van der Waals surface area contributed by atoms with Crippen LogP contribution >= 0.6 is 0 Å². The van der Waals surface area contributed by atoms with Crippen molar-refractivity contribution in [3.63, 3.8) is 0 Å². The van der Waals surface area contributed by atoms with Gasteiger partial charge in [0.15, 0.2) is 5.41 Å². The van der Waals surface area contributed by atoms with Crippen LogP contribution in [0.5, 0.6) is 0 Å². The van der Waals surface area contributed by atoms with E-state index in [-0.39, 0.29) is 25.0 Å². The number of aliphatic carboxylic acids is 1. The average molecular weight is 446 g/mol. The number of nitrogens with one attached hydrogen (secondary N) is 1. The van der Waals surface area contributed by atoms with Crippen LogP contribution in [-0.4, -0.2) is 29.7 Å². The molecule has 1 aromatic carbocycles. The molecule has 0 saturated heterocycles. The molecule has 0 radical (unpaired) electrons. The molecule has 0 aromatic heterocycles. The molecule has 2 N–H and O–H groups in total. The molecule has 0 spiro atoms. The maximum absolute atomic E-state index is 12.5. The maximum atomic E-state index is 12.5. The van der Waals surface area contributed by atoms with Crippen molar-refractivity contribution in [1.29, 1.82) is 0 Å². The predicted molar refractivity (Wildman–Crippen MR) is 128 cm³/mol. The highest BCUT2D eigenvalue weighted by molar-refractivity contribution is 5.99. The van der Waals surface area contributed by atoms with Crippen LogP contribution in [0.3, 0.4) is 0 Å². The Kier molecular flexibility index (Phi) is 11.2. The summed E-state index contributed by atoms with van der Waals surface area (Å²) >= 11 is 0. The van der Waals surface area contributed by atoms with Crippen molar-refractivity contribution >= 4 is 11.9 Å². The fourth-order valence-corrected chi connectivity index (χ4v) is 4.44. The molecular weight excluding hydrogens is 402 g/mol. The zero-order valence-electron chi connectivity index (χ0n) is 20.3. The number of unbranched alkanes of at least 4 members (excludes halogenated alkanes) is 6. The first kappa shape index (κ1) is 26.4. The Labute approximate surface area is 194 Å². The van der Waals surface area contributed by atoms with E-state index in [1.807, 2.05) is 13.8 Å². The molecule has 5 heteroatoms. The summed E-state index contributed by atoms with van der Waals surface area (Å²) in [6, 6.07) is 8.71. The van der Waals surface area contributed by atoms with Gasteiger partial charge in [-0.2, -0.15) is 0 Å². The van der Waals surface area contributed by atoms with Crippen LogP contribution in [0.25, 0.3) is 0 Å². The third-order valence-electron chi connectivity index (χ3n) is 6.55. The van der Waals surface area contributed by atoms with E-state index in [1.165, 1.54) is 56.1 Å². The molecule has 180 valence electrons. The lowest BCUT2D eigenvalue weighted by Gasteiger charge is -2.23. The molecule has 2 unspecified atom stereocenters. The van der Waals surface area contributed by atoms with E-state index < -0.39 is 17.4 Å². The molecular formula is C27H43NO4. The van der Waals surface area contributed by atoms with Crippen LogP contribution < -0.4 is 5.32 Å². The van der Waals surface area contributed by atoms with Gasteiger partial charge in [0, 0.05) is 12.6 Å². The van der Waals surface area contributed by atoms with Crippen molar-refractivity contribution in [3.8, 4) is 0 Å². The van der Waals surface area contributed by atoms with E-state index >= 15 is 0 Å². The van der Waals surface area contributed by atoms with Crippen LogP contribution in [-0.2, 0) is 27.3 Å². The molecule has 2 rings (SSSR count). The van der Waals surface area contributed by atoms with Crippen molar-refractivity contribution in [2.45, 2.75) is 104 Å². The number of carbonyl (C=O) groups is 2. The minimum Gasteiger partial charge on any atom is -0.480 e. The summed E-state index contributed by atoms with van der Waals surface area (Å²) in [6.07, 6.45) is 11.7. The molecule has 1 aromatic rings. The molecule has 0 aliphatic heterocycles. The van der Waals surface area contributed by atoms with Crippen LogP contribution in [0, 0.1) is 11.3 Å². The second-order valence-corrected chi connectivity index (χ2v) is 9.89. The highest BCUT2D eigenvalue weighted by Gasteiger charge is 2.53. The summed E-state index contributed by atoms with van der Waals surface area (Å²) in [4.78, 5) is 24.4. The van der Waals surface area contributed by atoms with Gasteiger partial charge in [-0.05, 0) is 49.1 Å². The molecule has 2 atom stereocenters. The summed E-state index contributed by atoms with van der Waals surface area (Å²) in [7, 11) is 0. The van der Waals surface area contributed by atoms with E-state index in [9.17, 15) is 14.7 Å². The molecule has 1 fully saturated rings. The Bertz CT molecular complexity index is 700. The van der Waals surface area contributed by atoms with Gasteiger partial charge in [-0.15, -0.1) is 0 Å². The highest BCUT2D eigenvalue weighted by Crippen LogP contribution is 2.40. The lowest BCUT2D eigenvalue weighted by atomic mass is 9.86. The van der Waals surface area contributed by atoms with Crippen molar-refractivity contribution in [2.24, 2.45) is 11.3 Å². The predicted octanol–water partition coefficient (Wildman–Crippen LogP) is 5.89. The fraction of sp³-hybridized carbons (Fsp3) is 0.704. The second kappa shape index (κ2) is 13.6. The van der Waals surface area contributed by atoms with Crippen LogP contribution in [0.4, 0.5) is 0 Å². The van der Waals surface area contributed by atoms with Crippen molar-refractivity contribution in [3.05, 3.63) is 35.4 Å². The Morgan fingerprint density at radius 1 is 1.06 bits per heavy atom. The molecule has 1 aliphatic carbocycles. The van der Waals surface area contributed by atoms with Gasteiger partial charge in [0.25, 0.3) is 0 Å². The first-order valence-corrected chi connectivity index (χ1v) is 12.6. The van der Waals surface area contributed by atoms with Gasteiger partial charge < -0.3 is 15.2 Å². The summed E-state index contributed by atoms with van der Waals surface area (Å²) in [5.41, 5.74) is 1.15. The highest BCUT2D eigenvalue weighted by atomic mass is 16.5. The first-order valence-electron chi connectivity index (χ1n) is 12.6. The van der Waals surface area contributed by atoms with Crippen molar-refractivity contribution in [2.75, 3.05) is 6.61 Å². The summed E-state index contributed by atoms with van der Waals surface area (Å²) in [5, 5.41) is 13.2. The van der Waals surface area contributed by atoms with Crippen LogP contribution in [0.15, 0.2) is 24.3 Å². The van der Waals surface area contributed by atoms with Gasteiger partial charge in [-0.25, -0.2) is 0 Å². The number of hydrogen-bond acceptors (Lipinski definition) is 4. The van der Waals surface area contributed by atoms with Crippen LogP contribution in [0.1, 0.15) is 96.1 Å². The lowest BCUT2D eigenvalue weighted by molar-refractivity contribution is -0.169. The number of rotatable bonds is 15. The van der Waals surface area contributed by atoms with E-state index in [2.05, 4.69) is 36.5 Å². The fourth-order valence-electron chi connectivity index (χ4n) is 4.44. The van der Waals surface area contributed by atoms with Gasteiger partial charge in [0.2, 0.25) is 0 Å². The van der Waals surface area contributed by atoms with Crippen LogP contribution in [0.2, 0.25) is 0 Å². The van der Waals surface area contributed by atoms with E-state index in [0.717, 1.165) is 6.42 Å². The minimum absolute atomic E-state index is 0.00471. The van der Waals surface area contributed by atoms with Gasteiger partial charge in [-0.3, -0.25) is 9.59 Å². The zero-order chi connectivity index (χ0) is 23.4. The molecule has 0 amide bonds. The zero-order valence-corrected chi connectivity index (χ0v) is 20.3. The molecule has 0 heterocycles. The number of aryl methyl sites for hydroxylation is 1. The third-order valence-corrected chi connectivity index (χ3v) is 6.55. The standard InChI is InChI=1S/C27H43NO4/c1-4-5-6-7-8-9-10-11-22-12-14-23(15-13-22)19-28-24-16-17-27(18-24,25(29)30)26(31)32-20-21(2)3/h12-15,21,24,28H,4-11,16-20H2,1-3H3,(H,29,30). The first-order chi connectivity index (χ1) is 15.4. The number of benzene rings is 1. The Balaban J connectivity index is 1.74. The summed E-state index contributed by atoms with van der Waals surface area (Å²) < 4.78 is 5.29. The van der Waals surface area contributed by atoms with E-state index in [0.29, 0.717) is 19.4 Å². The summed E-state index contributed by atoms with van der Waals surface area (Å²) in [5.74, 6) is -1.46. The van der Waals surface area contributed by atoms with Gasteiger partial charge in [0.05, 0.1) is 6.61 Å². The topological polar surface area (TPSA) is 75.6 Å². The number of esters is 1. The number of carboxylic acids is 1. The number of carbonyl (C=O) groups excluding carboxylic acids is 1. The Morgan fingerprint density at radius 2 is 1.69 bits per heavy atom. The average Bonchev–Trinajstić information content (AvgIpc) is 3.22. The quantitative estimate of drug-likeness (QED) is 0.200. The molecule has 32 heavy (non-hydrogen) atoms. The van der Waals surface area contributed by atoms with Crippen molar-refractivity contribution < 1.29 is 19.4 Å². The number of hydrogen-bond donors (Lipinski definition) is 2. The molecule has 1 saturated carbocycles. The largest absolute Gasteiger partial charge is 0.480 e. The maximum Gasteiger partial charge on any atom is 0.323 e. The SMILES string of the molecule is CCCCCCCCCc1ccc(CNC2CCC(C(=O)O)(C(=O)OCC(C)C)C2)cc1. The smallest absolute Gasteiger partial charge is 0.323 e. The Hall–Kier alpha value is -1.88. The molecule has 5 nitrogen and oxygen atoms in total. The van der Waals surface area contributed by atoms with Gasteiger partial charge >= 0.3 is 11.9 Å². The minimum atomic E-state index is -1.41. The normalized spacial score (nSPS) is 20.6. The van der Waals surface area contributed by atoms with Gasteiger partial charge in [-0.1, -0.05) is 83.6 Å². The Morgan fingerprint density at radius 3 is 2.31 bits per heavy atom. The molecule has 1 aliphatic rings. The third kappa shape index (κ3) is 8.23. The second-order valence-electron chi connectivity index (χ2n) is 9.89. The lowest BCUT2D eigenvalue weighted by Crippen LogP contribution is -2.40. The summed E-state index contributed by atoms with van der Waals surface area (Å²) in [6.45, 7) is 7.08. The van der Waals surface area contributed by atoms with E-state index in [1.54, 1.807) is 0 Å². The van der Waals surface area contributed by atoms with E-state index in [4.69, 9.17) is 4.74 Å². The molecule has 0 bridgehead atoms. The van der Waals surface area contributed by atoms with Crippen molar-refractivity contribution in [1.82, 2.24) is 5.32 Å². The monoisotopic (exact) mass is 445 g/mol.